The number of carboxylic acids is 1. The van der Waals surface area contributed by atoms with Crippen LogP contribution in [-0.2, 0) is 11.2 Å². The number of carbonyl (C=O) groups is 1. The Kier molecular flexibility index (Phi) is 3.02. The van der Waals surface area contributed by atoms with Gasteiger partial charge in [-0.25, -0.2) is 0 Å². The third-order valence-corrected chi connectivity index (χ3v) is 2.59. The standard InChI is InChI=1S/C12H15NO2/c14-12(15)11(13-10-6-7-10)8-9-4-2-1-3-5-9/h1-5,10-11,13H,6-8H2,(H,14,15). The fraction of sp³-hybridized carbons (Fsp3) is 0.417. The smallest absolute Gasteiger partial charge is 0.321 e. The van der Waals surface area contributed by atoms with Crippen molar-refractivity contribution in [3.8, 4) is 0 Å². The Morgan fingerprint density at radius 2 is 2.07 bits per heavy atom. The molecule has 1 saturated carbocycles. The van der Waals surface area contributed by atoms with Gasteiger partial charge in [-0.3, -0.25) is 4.79 Å². The highest BCUT2D eigenvalue weighted by molar-refractivity contribution is 5.74. The summed E-state index contributed by atoms with van der Waals surface area (Å²) in [6, 6.07) is 9.72. The molecule has 3 heteroatoms. The summed E-state index contributed by atoms with van der Waals surface area (Å²) in [5.74, 6) is -0.759. The molecule has 0 saturated heterocycles. The van der Waals surface area contributed by atoms with Crippen LogP contribution in [-0.4, -0.2) is 23.2 Å². The largest absolute Gasteiger partial charge is 0.480 e. The molecule has 0 heterocycles. The van der Waals surface area contributed by atoms with Crippen molar-refractivity contribution >= 4 is 5.97 Å². The number of aliphatic carboxylic acids is 1. The summed E-state index contributed by atoms with van der Waals surface area (Å²) in [6.07, 6.45) is 2.78. The molecule has 0 aliphatic heterocycles. The molecule has 0 aromatic heterocycles. The lowest BCUT2D eigenvalue weighted by atomic mass is 10.1. The Hall–Kier alpha value is -1.35. The van der Waals surface area contributed by atoms with Crippen LogP contribution < -0.4 is 5.32 Å². The summed E-state index contributed by atoms with van der Waals surface area (Å²) in [4.78, 5) is 11.0. The minimum absolute atomic E-state index is 0.426. The molecule has 2 N–H and O–H groups in total. The van der Waals surface area contributed by atoms with Crippen LogP contribution in [0.3, 0.4) is 0 Å². The van der Waals surface area contributed by atoms with Crippen molar-refractivity contribution in [1.82, 2.24) is 5.32 Å². The Morgan fingerprint density at radius 3 is 2.60 bits per heavy atom. The first-order valence-electron chi connectivity index (χ1n) is 5.28. The van der Waals surface area contributed by atoms with Crippen LogP contribution in [0.1, 0.15) is 18.4 Å². The first kappa shape index (κ1) is 10.2. The molecule has 80 valence electrons. The monoisotopic (exact) mass is 205 g/mol. The second-order valence-corrected chi connectivity index (χ2v) is 4.02. The summed E-state index contributed by atoms with van der Waals surface area (Å²) in [6.45, 7) is 0. The summed E-state index contributed by atoms with van der Waals surface area (Å²) in [7, 11) is 0. The predicted molar refractivity (Wildman–Crippen MR) is 57.7 cm³/mol. The van der Waals surface area contributed by atoms with Crippen molar-refractivity contribution in [1.29, 1.82) is 0 Å². The molecule has 2 rings (SSSR count). The lowest BCUT2D eigenvalue weighted by Crippen LogP contribution is -2.39. The third-order valence-electron chi connectivity index (χ3n) is 2.59. The van der Waals surface area contributed by atoms with Gasteiger partial charge in [0, 0.05) is 6.04 Å². The van der Waals surface area contributed by atoms with E-state index in [0.717, 1.165) is 18.4 Å². The molecule has 1 fully saturated rings. The van der Waals surface area contributed by atoms with Gasteiger partial charge in [0.05, 0.1) is 0 Å². The second-order valence-electron chi connectivity index (χ2n) is 4.02. The Morgan fingerprint density at radius 1 is 1.40 bits per heavy atom. The van der Waals surface area contributed by atoms with Gasteiger partial charge in [-0.1, -0.05) is 30.3 Å². The molecule has 1 aliphatic rings. The number of benzene rings is 1. The first-order valence-corrected chi connectivity index (χ1v) is 5.28. The molecule has 0 radical (unpaired) electrons. The van der Waals surface area contributed by atoms with Crippen molar-refractivity contribution in [2.24, 2.45) is 0 Å². The number of carboxylic acid groups (broad SMARTS) is 1. The van der Waals surface area contributed by atoms with E-state index in [0.29, 0.717) is 12.5 Å². The van der Waals surface area contributed by atoms with Gasteiger partial charge in [-0.15, -0.1) is 0 Å². The SMILES string of the molecule is O=C(O)C(Cc1ccccc1)NC1CC1. The Balaban J connectivity index is 1.96. The van der Waals surface area contributed by atoms with Crippen LogP contribution in [0, 0.1) is 0 Å². The summed E-state index contributed by atoms with van der Waals surface area (Å²) in [5.41, 5.74) is 1.07. The van der Waals surface area contributed by atoms with E-state index in [4.69, 9.17) is 5.11 Å². The molecule has 3 nitrogen and oxygen atoms in total. The quantitative estimate of drug-likeness (QED) is 0.764. The Bertz CT molecular complexity index is 333. The Labute approximate surface area is 89.1 Å². The van der Waals surface area contributed by atoms with Gasteiger partial charge >= 0.3 is 5.97 Å². The minimum atomic E-state index is -0.759. The molecule has 0 spiro atoms. The zero-order valence-corrected chi connectivity index (χ0v) is 8.52. The molecule has 1 aliphatic carbocycles. The normalized spacial score (nSPS) is 17.3. The average Bonchev–Trinajstić information content (AvgIpc) is 3.02. The first-order chi connectivity index (χ1) is 7.25. The zero-order chi connectivity index (χ0) is 10.7. The maximum absolute atomic E-state index is 11.0. The van der Waals surface area contributed by atoms with Gasteiger partial charge < -0.3 is 10.4 Å². The van der Waals surface area contributed by atoms with Gasteiger partial charge in [-0.05, 0) is 24.8 Å². The van der Waals surface area contributed by atoms with Crippen LogP contribution in [0.4, 0.5) is 0 Å². The van der Waals surface area contributed by atoms with Crippen LogP contribution in [0.5, 0.6) is 0 Å². The van der Waals surface area contributed by atoms with E-state index in [-0.39, 0.29) is 0 Å². The topological polar surface area (TPSA) is 49.3 Å². The maximum atomic E-state index is 11.0. The van der Waals surface area contributed by atoms with Crippen molar-refractivity contribution in [2.45, 2.75) is 31.3 Å². The fourth-order valence-corrected chi connectivity index (χ4v) is 1.60. The second kappa shape index (κ2) is 4.45. The summed E-state index contributed by atoms with van der Waals surface area (Å²) in [5, 5.41) is 12.2. The highest BCUT2D eigenvalue weighted by atomic mass is 16.4. The molecule has 0 amide bonds. The zero-order valence-electron chi connectivity index (χ0n) is 8.52. The van der Waals surface area contributed by atoms with E-state index in [2.05, 4.69) is 5.32 Å². The molecule has 1 atom stereocenters. The predicted octanol–water partition coefficient (Wildman–Crippen LogP) is 1.43. The van der Waals surface area contributed by atoms with Gasteiger partial charge in [0.1, 0.15) is 6.04 Å². The van der Waals surface area contributed by atoms with Crippen molar-refractivity contribution in [3.05, 3.63) is 35.9 Å². The molecule has 1 aromatic carbocycles. The number of hydrogen-bond acceptors (Lipinski definition) is 2. The molecule has 1 unspecified atom stereocenters. The van der Waals surface area contributed by atoms with E-state index >= 15 is 0 Å². The van der Waals surface area contributed by atoms with Gasteiger partial charge in [0.15, 0.2) is 0 Å². The van der Waals surface area contributed by atoms with Crippen molar-refractivity contribution in [2.75, 3.05) is 0 Å². The summed E-state index contributed by atoms with van der Waals surface area (Å²) < 4.78 is 0. The third kappa shape index (κ3) is 3.06. The van der Waals surface area contributed by atoms with Crippen molar-refractivity contribution in [3.63, 3.8) is 0 Å². The lowest BCUT2D eigenvalue weighted by Gasteiger charge is -2.13. The fourth-order valence-electron chi connectivity index (χ4n) is 1.60. The van der Waals surface area contributed by atoms with Crippen molar-refractivity contribution < 1.29 is 9.90 Å². The molecule has 1 aromatic rings. The van der Waals surface area contributed by atoms with Crippen LogP contribution in [0.15, 0.2) is 30.3 Å². The highest BCUT2D eigenvalue weighted by Gasteiger charge is 2.28. The van der Waals surface area contributed by atoms with E-state index in [1.807, 2.05) is 30.3 Å². The number of rotatable bonds is 5. The van der Waals surface area contributed by atoms with Crippen LogP contribution >= 0.6 is 0 Å². The van der Waals surface area contributed by atoms with E-state index < -0.39 is 12.0 Å². The van der Waals surface area contributed by atoms with E-state index in [1.54, 1.807) is 0 Å². The minimum Gasteiger partial charge on any atom is -0.480 e. The van der Waals surface area contributed by atoms with Gasteiger partial charge in [0.2, 0.25) is 0 Å². The van der Waals surface area contributed by atoms with Crippen LogP contribution in [0.2, 0.25) is 0 Å². The molecular weight excluding hydrogens is 190 g/mol. The lowest BCUT2D eigenvalue weighted by molar-refractivity contribution is -0.139. The van der Waals surface area contributed by atoms with E-state index in [9.17, 15) is 4.79 Å². The van der Waals surface area contributed by atoms with E-state index in [1.165, 1.54) is 0 Å². The molecule has 0 bridgehead atoms. The molecular formula is C12H15NO2. The van der Waals surface area contributed by atoms with Gasteiger partial charge in [0.25, 0.3) is 0 Å². The number of hydrogen-bond donors (Lipinski definition) is 2. The van der Waals surface area contributed by atoms with Crippen LogP contribution in [0.25, 0.3) is 0 Å². The summed E-state index contributed by atoms with van der Waals surface area (Å²) >= 11 is 0. The average molecular weight is 205 g/mol. The molecule has 15 heavy (non-hydrogen) atoms. The maximum Gasteiger partial charge on any atom is 0.321 e. The highest BCUT2D eigenvalue weighted by Crippen LogP contribution is 2.20. The number of nitrogens with one attached hydrogen (secondary N) is 1. The van der Waals surface area contributed by atoms with Gasteiger partial charge in [-0.2, -0.15) is 0 Å².